The first-order chi connectivity index (χ1) is 8.74. The molecule has 0 amide bonds. The largest absolute Gasteiger partial charge is 0.464 e. The van der Waals surface area contributed by atoms with E-state index in [1.54, 1.807) is 18.7 Å². The summed E-state index contributed by atoms with van der Waals surface area (Å²) in [5.74, 6) is 0.782. The lowest BCUT2D eigenvalue weighted by Crippen LogP contribution is -2.00. The average molecular weight is 242 g/mol. The van der Waals surface area contributed by atoms with Gasteiger partial charge in [0.2, 0.25) is 0 Å². The number of nitrogens with zero attached hydrogens (tertiary/aromatic N) is 3. The first kappa shape index (κ1) is 10.8. The fourth-order valence-electron chi connectivity index (χ4n) is 1.82. The van der Waals surface area contributed by atoms with E-state index in [0.29, 0.717) is 6.04 Å². The fraction of sp³-hybridized carbons (Fsp3) is 0.231. The average Bonchev–Trinajstić information content (AvgIpc) is 2.97. The van der Waals surface area contributed by atoms with Gasteiger partial charge in [0.05, 0.1) is 23.5 Å². The Hall–Kier alpha value is -2.30. The fourth-order valence-corrected chi connectivity index (χ4v) is 1.82. The van der Waals surface area contributed by atoms with Crippen molar-refractivity contribution in [3.8, 4) is 0 Å². The second kappa shape index (κ2) is 4.18. The van der Waals surface area contributed by atoms with Crippen LogP contribution in [0.15, 0.2) is 41.4 Å². The number of aromatic nitrogens is 3. The molecule has 3 aromatic rings. The third-order valence-electron chi connectivity index (χ3n) is 2.77. The number of hydrogen-bond acceptors (Lipinski definition) is 4. The van der Waals surface area contributed by atoms with Gasteiger partial charge in [-0.05, 0) is 26.0 Å². The van der Waals surface area contributed by atoms with Crippen LogP contribution in [0.4, 0.5) is 11.5 Å². The zero-order valence-corrected chi connectivity index (χ0v) is 10.3. The highest BCUT2D eigenvalue weighted by molar-refractivity contribution is 5.89. The molecule has 0 atom stereocenters. The number of hydrogen-bond donors (Lipinski definition) is 1. The monoisotopic (exact) mass is 242 g/mol. The van der Waals surface area contributed by atoms with Gasteiger partial charge in [0, 0.05) is 18.4 Å². The maximum atomic E-state index is 5.34. The SMILES string of the molecule is CC(C)n1cc(Nc2nccc3occc23)cn1. The summed E-state index contributed by atoms with van der Waals surface area (Å²) in [6.07, 6.45) is 7.14. The highest BCUT2D eigenvalue weighted by Crippen LogP contribution is 2.24. The first-order valence-electron chi connectivity index (χ1n) is 5.87. The Kier molecular flexibility index (Phi) is 2.51. The maximum absolute atomic E-state index is 5.34. The number of fused-ring (bicyclic) bond motifs is 1. The van der Waals surface area contributed by atoms with E-state index in [1.807, 2.05) is 23.0 Å². The number of nitrogens with one attached hydrogen (secondary N) is 1. The lowest BCUT2D eigenvalue weighted by molar-refractivity contribution is 0.532. The Bertz CT molecular complexity index is 668. The summed E-state index contributed by atoms with van der Waals surface area (Å²) in [7, 11) is 0. The van der Waals surface area contributed by atoms with Gasteiger partial charge in [0.1, 0.15) is 11.4 Å². The molecule has 92 valence electrons. The van der Waals surface area contributed by atoms with Crippen molar-refractivity contribution in [3.63, 3.8) is 0 Å². The summed E-state index contributed by atoms with van der Waals surface area (Å²) in [6, 6.07) is 4.09. The number of pyridine rings is 1. The molecule has 3 aromatic heterocycles. The predicted molar refractivity (Wildman–Crippen MR) is 69.9 cm³/mol. The van der Waals surface area contributed by atoms with Crippen LogP contribution in [0.3, 0.4) is 0 Å². The number of anilines is 2. The first-order valence-corrected chi connectivity index (χ1v) is 5.87. The van der Waals surface area contributed by atoms with Crippen molar-refractivity contribution < 1.29 is 4.42 Å². The van der Waals surface area contributed by atoms with Crippen molar-refractivity contribution in [1.82, 2.24) is 14.8 Å². The van der Waals surface area contributed by atoms with Gasteiger partial charge in [-0.2, -0.15) is 5.10 Å². The van der Waals surface area contributed by atoms with Gasteiger partial charge < -0.3 is 9.73 Å². The molecule has 0 aliphatic rings. The molecule has 5 heteroatoms. The molecule has 0 radical (unpaired) electrons. The van der Waals surface area contributed by atoms with Crippen LogP contribution in [0.25, 0.3) is 11.0 Å². The number of furan rings is 1. The molecule has 0 bridgehead atoms. The van der Waals surface area contributed by atoms with E-state index in [1.165, 1.54) is 0 Å². The second-order valence-corrected chi connectivity index (χ2v) is 4.42. The zero-order chi connectivity index (χ0) is 12.5. The van der Waals surface area contributed by atoms with Crippen LogP contribution < -0.4 is 5.32 Å². The van der Waals surface area contributed by atoms with Gasteiger partial charge in [0.25, 0.3) is 0 Å². The lowest BCUT2D eigenvalue weighted by atomic mass is 10.3. The van der Waals surface area contributed by atoms with E-state index in [2.05, 4.69) is 29.2 Å². The molecule has 0 aromatic carbocycles. The van der Waals surface area contributed by atoms with Crippen molar-refractivity contribution in [3.05, 3.63) is 37.0 Å². The molecule has 1 N–H and O–H groups in total. The minimum absolute atomic E-state index is 0.346. The van der Waals surface area contributed by atoms with Crippen LogP contribution >= 0.6 is 0 Å². The molecule has 0 fully saturated rings. The van der Waals surface area contributed by atoms with E-state index in [0.717, 1.165) is 22.5 Å². The molecule has 0 saturated carbocycles. The molecule has 3 rings (SSSR count). The Morgan fingerprint density at radius 2 is 2.22 bits per heavy atom. The van der Waals surface area contributed by atoms with Crippen LogP contribution in [0.1, 0.15) is 19.9 Å². The summed E-state index contributed by atoms with van der Waals surface area (Å²) in [6.45, 7) is 4.18. The molecule has 0 unspecified atom stereocenters. The van der Waals surface area contributed by atoms with Crippen molar-refractivity contribution in [2.75, 3.05) is 5.32 Å². The van der Waals surface area contributed by atoms with Crippen molar-refractivity contribution >= 4 is 22.5 Å². The highest BCUT2D eigenvalue weighted by atomic mass is 16.3. The van der Waals surface area contributed by atoms with E-state index in [4.69, 9.17) is 4.42 Å². The highest BCUT2D eigenvalue weighted by Gasteiger charge is 2.07. The summed E-state index contributed by atoms with van der Waals surface area (Å²) in [5.41, 5.74) is 1.74. The van der Waals surface area contributed by atoms with E-state index in [-0.39, 0.29) is 0 Å². The number of rotatable bonds is 3. The maximum Gasteiger partial charge on any atom is 0.141 e. The van der Waals surface area contributed by atoms with Crippen molar-refractivity contribution in [2.24, 2.45) is 0 Å². The predicted octanol–water partition coefficient (Wildman–Crippen LogP) is 3.35. The summed E-state index contributed by atoms with van der Waals surface area (Å²) in [4.78, 5) is 4.32. The van der Waals surface area contributed by atoms with Crippen LogP contribution in [0.2, 0.25) is 0 Å². The Balaban J connectivity index is 1.93. The van der Waals surface area contributed by atoms with Gasteiger partial charge in [-0.25, -0.2) is 4.98 Å². The third kappa shape index (κ3) is 1.84. The Morgan fingerprint density at radius 1 is 1.33 bits per heavy atom. The van der Waals surface area contributed by atoms with Crippen LogP contribution in [-0.4, -0.2) is 14.8 Å². The molecule has 18 heavy (non-hydrogen) atoms. The van der Waals surface area contributed by atoms with Crippen LogP contribution in [0, 0.1) is 0 Å². The van der Waals surface area contributed by atoms with Gasteiger partial charge in [-0.1, -0.05) is 0 Å². The lowest BCUT2D eigenvalue weighted by Gasteiger charge is -2.04. The summed E-state index contributed by atoms with van der Waals surface area (Å²) >= 11 is 0. The third-order valence-corrected chi connectivity index (χ3v) is 2.77. The standard InChI is InChI=1S/C13H14N4O/c1-9(2)17-8-10(7-15-17)16-13-11-4-6-18-12(11)3-5-14-13/h3-9H,1-2H3,(H,14,16). The Labute approximate surface area is 104 Å². The van der Waals surface area contributed by atoms with Gasteiger partial charge >= 0.3 is 0 Å². The summed E-state index contributed by atoms with van der Waals surface area (Å²) in [5, 5.41) is 8.50. The molecule has 0 spiro atoms. The van der Waals surface area contributed by atoms with Crippen molar-refractivity contribution in [2.45, 2.75) is 19.9 Å². The van der Waals surface area contributed by atoms with Crippen molar-refractivity contribution in [1.29, 1.82) is 0 Å². The molecule has 3 heterocycles. The van der Waals surface area contributed by atoms with Gasteiger partial charge in [0.15, 0.2) is 0 Å². The van der Waals surface area contributed by atoms with E-state index < -0.39 is 0 Å². The minimum Gasteiger partial charge on any atom is -0.464 e. The van der Waals surface area contributed by atoms with Crippen LogP contribution in [0.5, 0.6) is 0 Å². The molecule has 0 aliphatic carbocycles. The molecule has 0 aliphatic heterocycles. The molecule has 5 nitrogen and oxygen atoms in total. The van der Waals surface area contributed by atoms with Gasteiger partial charge in [-0.15, -0.1) is 0 Å². The normalized spacial score (nSPS) is 11.3. The molecular weight excluding hydrogens is 228 g/mol. The topological polar surface area (TPSA) is 55.9 Å². The smallest absolute Gasteiger partial charge is 0.141 e. The quantitative estimate of drug-likeness (QED) is 0.765. The zero-order valence-electron chi connectivity index (χ0n) is 10.3. The second-order valence-electron chi connectivity index (χ2n) is 4.42. The molecular formula is C13H14N4O. The Morgan fingerprint density at radius 3 is 3.00 bits per heavy atom. The van der Waals surface area contributed by atoms with E-state index >= 15 is 0 Å². The minimum atomic E-state index is 0.346. The van der Waals surface area contributed by atoms with E-state index in [9.17, 15) is 0 Å². The summed E-state index contributed by atoms with van der Waals surface area (Å²) < 4.78 is 7.24. The van der Waals surface area contributed by atoms with Gasteiger partial charge in [-0.3, -0.25) is 4.68 Å². The van der Waals surface area contributed by atoms with Crippen LogP contribution in [-0.2, 0) is 0 Å². The molecule has 0 saturated heterocycles.